The summed E-state index contributed by atoms with van der Waals surface area (Å²) >= 11 is 3.52. The molecule has 0 amide bonds. The number of hydrogen-bond acceptors (Lipinski definition) is 2. The Labute approximate surface area is 203 Å². The van der Waals surface area contributed by atoms with Gasteiger partial charge in [-0.1, -0.05) is 28.1 Å². The smallest absolute Gasteiger partial charge is 0.280 e. The lowest BCUT2D eigenvalue weighted by Crippen LogP contribution is -2.48. The van der Waals surface area contributed by atoms with Crippen molar-refractivity contribution in [2.45, 2.75) is 57.8 Å². The Kier molecular flexibility index (Phi) is 5.02. The van der Waals surface area contributed by atoms with Gasteiger partial charge in [0.1, 0.15) is 0 Å². The lowest BCUT2D eigenvalue weighted by Gasteiger charge is -2.57. The van der Waals surface area contributed by atoms with E-state index in [1.165, 1.54) is 44.1 Å². The molecule has 4 aliphatic carbocycles. The normalized spacial score (nSPS) is 28.2. The number of rotatable bonds is 4. The summed E-state index contributed by atoms with van der Waals surface area (Å²) in [4.78, 5) is 17.7. The maximum Gasteiger partial charge on any atom is 0.280 e. The molecule has 1 heterocycles. The van der Waals surface area contributed by atoms with E-state index in [2.05, 4.69) is 50.3 Å². The topological polar surface area (TPSA) is 50.1 Å². The monoisotopic (exact) mass is 503 g/mol. The third-order valence-electron chi connectivity index (χ3n) is 8.38. The van der Waals surface area contributed by atoms with Crippen LogP contribution in [0.1, 0.15) is 60.9 Å². The van der Waals surface area contributed by atoms with E-state index in [-0.39, 0.29) is 5.56 Å². The third kappa shape index (κ3) is 3.65. The molecule has 0 aliphatic heterocycles. The second-order valence-corrected chi connectivity index (χ2v) is 11.6. The predicted molar refractivity (Wildman–Crippen MR) is 137 cm³/mol. The maximum absolute atomic E-state index is 13.2. The first-order valence-corrected chi connectivity index (χ1v) is 12.9. The number of nitrogens with one attached hydrogen (secondary N) is 1. The molecular weight excluding hydrogens is 474 g/mol. The Morgan fingerprint density at radius 3 is 2.24 bits per heavy atom. The summed E-state index contributed by atoms with van der Waals surface area (Å²) in [5, 5.41) is 3.25. The van der Waals surface area contributed by atoms with Crippen molar-refractivity contribution in [3.05, 3.63) is 79.7 Å². The Balaban J connectivity index is 1.28. The minimum absolute atomic E-state index is 0.0624. The van der Waals surface area contributed by atoms with Crippen molar-refractivity contribution >= 4 is 27.8 Å². The Morgan fingerprint density at radius 1 is 1.00 bits per heavy atom. The quantitative estimate of drug-likeness (QED) is 0.392. The molecule has 33 heavy (non-hydrogen) atoms. The second-order valence-electron chi connectivity index (χ2n) is 10.7. The van der Waals surface area contributed by atoms with Gasteiger partial charge in [-0.3, -0.25) is 14.9 Å². The van der Waals surface area contributed by atoms with E-state index in [0.29, 0.717) is 11.0 Å². The number of H-pyrrole nitrogens is 1. The van der Waals surface area contributed by atoms with Crippen LogP contribution in [0.15, 0.2) is 56.7 Å². The first-order valence-electron chi connectivity index (χ1n) is 12.1. The first-order chi connectivity index (χ1) is 15.9. The highest BCUT2D eigenvalue weighted by molar-refractivity contribution is 9.10. The molecule has 4 nitrogen and oxygen atoms in total. The lowest BCUT2D eigenvalue weighted by molar-refractivity contribution is -0.00518. The Bertz CT molecular complexity index is 1260. The van der Waals surface area contributed by atoms with Crippen molar-refractivity contribution < 1.29 is 0 Å². The predicted octanol–water partition coefficient (Wildman–Crippen LogP) is 6.76. The summed E-state index contributed by atoms with van der Waals surface area (Å²) in [6.07, 6.45) is 10.1. The number of aromatic nitrogens is 2. The fraction of sp³-hybridized carbons (Fsp3) is 0.429. The van der Waals surface area contributed by atoms with Gasteiger partial charge in [0.25, 0.3) is 5.56 Å². The molecule has 5 heteroatoms. The Morgan fingerprint density at radius 2 is 1.64 bits per heavy atom. The first kappa shape index (κ1) is 21.2. The fourth-order valence-corrected chi connectivity index (χ4v) is 7.42. The summed E-state index contributed by atoms with van der Waals surface area (Å²) in [6.45, 7) is 3.96. The number of aryl methyl sites for hydroxylation is 2. The van der Waals surface area contributed by atoms with Crippen LogP contribution in [0.3, 0.4) is 0 Å². The van der Waals surface area contributed by atoms with E-state index in [1.54, 1.807) is 10.9 Å². The van der Waals surface area contributed by atoms with Gasteiger partial charge >= 0.3 is 0 Å². The average molecular weight is 504 g/mol. The third-order valence-corrected chi connectivity index (χ3v) is 9.27. The van der Waals surface area contributed by atoms with Crippen LogP contribution in [0.5, 0.6) is 0 Å². The van der Waals surface area contributed by atoms with Crippen molar-refractivity contribution in [1.29, 1.82) is 0 Å². The standard InChI is InChI=1S/C28H30BrN3O/c1-17-9-23(5-8-26(17)29)30-16-25-18(2)31-32(27(25)33)24-6-3-22(4-7-24)28-13-19-10-20(14-28)12-21(11-19)15-28/h3-9,16,19-21,31H,10-15H2,1-2H3. The molecule has 3 aromatic rings. The van der Waals surface area contributed by atoms with E-state index < -0.39 is 0 Å². The lowest BCUT2D eigenvalue weighted by atomic mass is 9.48. The summed E-state index contributed by atoms with van der Waals surface area (Å²) in [6, 6.07) is 14.7. The minimum atomic E-state index is -0.0624. The molecular formula is C28H30BrN3O. The van der Waals surface area contributed by atoms with Gasteiger partial charge in [0.05, 0.1) is 16.9 Å². The summed E-state index contributed by atoms with van der Waals surface area (Å²) in [7, 11) is 0. The van der Waals surface area contributed by atoms with Gasteiger partial charge in [-0.15, -0.1) is 0 Å². The Hall–Kier alpha value is -2.40. The average Bonchev–Trinajstić information content (AvgIpc) is 3.07. The molecule has 2 aromatic carbocycles. The van der Waals surface area contributed by atoms with Crippen LogP contribution in [0, 0.1) is 31.6 Å². The number of halogens is 1. The molecule has 1 N–H and O–H groups in total. The number of benzene rings is 2. The van der Waals surface area contributed by atoms with Crippen LogP contribution >= 0.6 is 15.9 Å². The minimum Gasteiger partial charge on any atom is -0.295 e. The zero-order valence-corrected chi connectivity index (χ0v) is 20.9. The van der Waals surface area contributed by atoms with E-state index in [4.69, 9.17) is 0 Å². The number of aliphatic imine (C=N–C) groups is 1. The van der Waals surface area contributed by atoms with Crippen LogP contribution in [-0.2, 0) is 5.41 Å². The highest BCUT2D eigenvalue weighted by atomic mass is 79.9. The second kappa shape index (κ2) is 7.83. The van der Waals surface area contributed by atoms with Crippen molar-refractivity contribution in [1.82, 2.24) is 9.78 Å². The molecule has 170 valence electrons. The van der Waals surface area contributed by atoms with Crippen molar-refractivity contribution in [2.75, 3.05) is 0 Å². The summed E-state index contributed by atoms with van der Waals surface area (Å²) in [5.74, 6) is 2.79. The fourth-order valence-electron chi connectivity index (χ4n) is 7.17. The van der Waals surface area contributed by atoms with Crippen molar-refractivity contribution in [3.63, 3.8) is 0 Å². The number of nitrogens with zero attached hydrogens (tertiary/aromatic N) is 2. The number of hydrogen-bond donors (Lipinski definition) is 1. The van der Waals surface area contributed by atoms with Gasteiger partial charge in [-0.2, -0.15) is 0 Å². The maximum atomic E-state index is 13.2. The van der Waals surface area contributed by atoms with E-state index in [0.717, 1.165) is 44.9 Å². The van der Waals surface area contributed by atoms with Gasteiger partial charge in [-0.05, 0) is 117 Å². The highest BCUT2D eigenvalue weighted by Crippen LogP contribution is 2.60. The van der Waals surface area contributed by atoms with Crippen LogP contribution < -0.4 is 5.56 Å². The van der Waals surface area contributed by atoms with Gasteiger partial charge < -0.3 is 0 Å². The molecule has 4 fully saturated rings. The zero-order valence-electron chi connectivity index (χ0n) is 19.3. The SMILES string of the molecule is Cc1cc(N=Cc2c(C)[nH]n(-c3ccc(C45CC6CC(CC(C6)C4)C5)cc3)c2=O)ccc1Br. The van der Waals surface area contributed by atoms with Crippen molar-refractivity contribution in [2.24, 2.45) is 22.7 Å². The molecule has 4 aliphatic rings. The molecule has 7 rings (SSSR count). The molecule has 0 radical (unpaired) electrons. The van der Waals surface area contributed by atoms with Crippen LogP contribution in [0.25, 0.3) is 5.69 Å². The summed E-state index contributed by atoms with van der Waals surface area (Å²) in [5.41, 5.74) is 6.06. The molecule has 1 aromatic heterocycles. The van der Waals surface area contributed by atoms with Crippen LogP contribution in [-0.4, -0.2) is 16.0 Å². The molecule has 4 saturated carbocycles. The largest absolute Gasteiger partial charge is 0.295 e. The van der Waals surface area contributed by atoms with Gasteiger partial charge in [0.15, 0.2) is 0 Å². The molecule has 4 bridgehead atoms. The zero-order chi connectivity index (χ0) is 22.7. The molecule has 0 unspecified atom stereocenters. The molecule has 0 atom stereocenters. The van der Waals surface area contributed by atoms with Gasteiger partial charge in [0, 0.05) is 16.4 Å². The van der Waals surface area contributed by atoms with E-state index in [9.17, 15) is 4.79 Å². The van der Waals surface area contributed by atoms with Crippen LogP contribution in [0.4, 0.5) is 5.69 Å². The van der Waals surface area contributed by atoms with E-state index in [1.807, 2.05) is 32.0 Å². The van der Waals surface area contributed by atoms with Crippen LogP contribution in [0.2, 0.25) is 0 Å². The van der Waals surface area contributed by atoms with E-state index >= 15 is 0 Å². The van der Waals surface area contributed by atoms with Gasteiger partial charge in [-0.25, -0.2) is 4.68 Å². The number of aromatic amines is 1. The molecule has 0 spiro atoms. The molecule has 0 saturated heterocycles. The summed E-state index contributed by atoms with van der Waals surface area (Å²) < 4.78 is 2.70. The van der Waals surface area contributed by atoms with Gasteiger partial charge in [0.2, 0.25) is 0 Å². The highest BCUT2D eigenvalue weighted by Gasteiger charge is 2.51. The van der Waals surface area contributed by atoms with Crippen molar-refractivity contribution in [3.8, 4) is 5.69 Å².